The molecular formula is C23H31ClN4OS. The van der Waals surface area contributed by atoms with Crippen molar-refractivity contribution >= 4 is 34.6 Å². The van der Waals surface area contributed by atoms with Crippen LogP contribution in [0.1, 0.15) is 46.1 Å². The molecule has 1 saturated heterocycles. The second kappa shape index (κ2) is 9.08. The van der Waals surface area contributed by atoms with E-state index in [1.54, 1.807) is 19.4 Å². The van der Waals surface area contributed by atoms with Gasteiger partial charge in [0.25, 0.3) is 0 Å². The van der Waals surface area contributed by atoms with E-state index in [1.165, 1.54) is 0 Å². The Labute approximate surface area is 190 Å². The maximum atomic E-state index is 6.12. The molecule has 0 unspecified atom stereocenters. The first kappa shape index (κ1) is 22.8. The Morgan fingerprint density at radius 2 is 1.97 bits per heavy atom. The number of piperidine rings is 1. The summed E-state index contributed by atoms with van der Waals surface area (Å²) < 4.78 is 5.49. The predicted molar refractivity (Wildman–Crippen MR) is 128 cm³/mol. The molecule has 1 fully saturated rings. The van der Waals surface area contributed by atoms with Gasteiger partial charge in [0.15, 0.2) is 5.11 Å². The van der Waals surface area contributed by atoms with E-state index >= 15 is 0 Å². The maximum Gasteiger partial charge on any atom is 0.174 e. The number of ether oxygens (including phenoxy) is 1. The Kier molecular flexibility index (Phi) is 6.90. The molecule has 0 atom stereocenters. The molecule has 1 aliphatic rings. The Bertz CT molecular complexity index is 872. The van der Waals surface area contributed by atoms with E-state index in [1.807, 2.05) is 24.4 Å². The Morgan fingerprint density at radius 1 is 1.27 bits per heavy atom. The molecular weight excluding hydrogens is 416 g/mol. The van der Waals surface area contributed by atoms with Crippen molar-refractivity contribution < 1.29 is 4.74 Å². The number of nitrogens with zero attached hydrogens (tertiary/aromatic N) is 2. The van der Waals surface area contributed by atoms with Gasteiger partial charge in [0.1, 0.15) is 5.75 Å². The third-order valence-corrected chi connectivity index (χ3v) is 5.92. The first-order valence-corrected chi connectivity index (χ1v) is 11.0. The zero-order chi connectivity index (χ0) is 21.9. The lowest BCUT2D eigenvalue weighted by Gasteiger charge is -2.50. The molecule has 1 aliphatic heterocycles. The SMILES string of the molecule is COc1cc(Cl)ccc1NC(=S)N(Cc1cccnc1)C1CC(C)(C)NC(C)(C)C1. The van der Waals surface area contributed by atoms with Crippen LogP contribution >= 0.6 is 23.8 Å². The number of hydrogen-bond acceptors (Lipinski definition) is 4. The summed E-state index contributed by atoms with van der Waals surface area (Å²) in [5.41, 5.74) is 1.94. The van der Waals surface area contributed by atoms with Gasteiger partial charge in [0, 0.05) is 47.1 Å². The second-order valence-electron chi connectivity index (χ2n) is 9.22. The van der Waals surface area contributed by atoms with Crippen LogP contribution in [0.2, 0.25) is 5.02 Å². The largest absolute Gasteiger partial charge is 0.495 e. The minimum absolute atomic E-state index is 0.00712. The van der Waals surface area contributed by atoms with Crippen LogP contribution in [0.15, 0.2) is 42.7 Å². The number of rotatable bonds is 5. The van der Waals surface area contributed by atoms with Gasteiger partial charge < -0.3 is 20.3 Å². The molecule has 7 heteroatoms. The predicted octanol–water partition coefficient (Wildman–Crippen LogP) is 5.25. The van der Waals surface area contributed by atoms with Gasteiger partial charge in [-0.25, -0.2) is 0 Å². The van der Waals surface area contributed by atoms with Crippen LogP contribution in [0.3, 0.4) is 0 Å². The lowest BCUT2D eigenvalue weighted by molar-refractivity contribution is 0.101. The zero-order valence-electron chi connectivity index (χ0n) is 18.3. The second-order valence-corrected chi connectivity index (χ2v) is 10.0. The molecule has 5 nitrogen and oxygen atoms in total. The Morgan fingerprint density at radius 3 is 2.57 bits per heavy atom. The summed E-state index contributed by atoms with van der Waals surface area (Å²) in [7, 11) is 1.63. The molecule has 1 aromatic heterocycles. The fourth-order valence-corrected chi connectivity index (χ4v) is 4.98. The number of halogens is 1. The van der Waals surface area contributed by atoms with Crippen molar-refractivity contribution in [3.8, 4) is 5.75 Å². The normalized spacial score (nSPS) is 17.9. The quantitative estimate of drug-likeness (QED) is 0.611. The number of nitrogens with one attached hydrogen (secondary N) is 2. The van der Waals surface area contributed by atoms with Crippen LogP contribution in [-0.4, -0.2) is 39.2 Å². The molecule has 2 heterocycles. The van der Waals surface area contributed by atoms with E-state index in [-0.39, 0.29) is 17.1 Å². The van der Waals surface area contributed by atoms with E-state index in [2.05, 4.69) is 54.3 Å². The standard InChI is InChI=1S/C23H31ClN4OS/c1-22(2)12-18(13-23(3,4)27-22)28(15-16-7-6-10-25-14-16)21(30)26-19-9-8-17(24)11-20(19)29-5/h6-11,14,18,27H,12-13,15H2,1-5H3,(H,26,30). The highest BCUT2D eigenvalue weighted by atomic mass is 35.5. The third-order valence-electron chi connectivity index (χ3n) is 5.35. The van der Waals surface area contributed by atoms with Gasteiger partial charge >= 0.3 is 0 Å². The Balaban J connectivity index is 1.90. The topological polar surface area (TPSA) is 49.4 Å². The lowest BCUT2D eigenvalue weighted by Crippen LogP contribution is -2.63. The highest BCUT2D eigenvalue weighted by molar-refractivity contribution is 7.80. The van der Waals surface area contributed by atoms with Gasteiger partial charge in [-0.15, -0.1) is 0 Å². The Hall–Kier alpha value is -1.89. The summed E-state index contributed by atoms with van der Waals surface area (Å²) >= 11 is 12.0. The number of pyridine rings is 1. The molecule has 0 radical (unpaired) electrons. The van der Waals surface area contributed by atoms with Gasteiger partial charge in [-0.1, -0.05) is 17.7 Å². The van der Waals surface area contributed by atoms with Crippen molar-refractivity contribution in [3.05, 3.63) is 53.3 Å². The fraction of sp³-hybridized carbons (Fsp3) is 0.478. The monoisotopic (exact) mass is 446 g/mol. The van der Waals surface area contributed by atoms with Crippen molar-refractivity contribution in [2.24, 2.45) is 0 Å². The summed E-state index contributed by atoms with van der Waals surface area (Å²) in [6, 6.07) is 9.83. The summed E-state index contributed by atoms with van der Waals surface area (Å²) in [4.78, 5) is 6.57. The smallest absolute Gasteiger partial charge is 0.174 e. The molecule has 3 rings (SSSR count). The number of methoxy groups -OCH3 is 1. The van der Waals surface area contributed by atoms with Gasteiger partial charge in [-0.2, -0.15) is 0 Å². The highest BCUT2D eigenvalue weighted by Gasteiger charge is 2.40. The molecule has 30 heavy (non-hydrogen) atoms. The number of thiocarbonyl (C=S) groups is 1. The van der Waals surface area contributed by atoms with E-state index in [0.29, 0.717) is 22.4 Å². The molecule has 0 aliphatic carbocycles. The molecule has 0 bridgehead atoms. The van der Waals surface area contributed by atoms with E-state index in [4.69, 9.17) is 28.6 Å². The summed E-state index contributed by atoms with van der Waals surface area (Å²) in [5, 5.41) is 8.44. The van der Waals surface area contributed by atoms with Crippen LogP contribution in [-0.2, 0) is 6.54 Å². The minimum atomic E-state index is 0.00712. The van der Waals surface area contributed by atoms with E-state index in [9.17, 15) is 0 Å². The number of hydrogen-bond donors (Lipinski definition) is 2. The van der Waals surface area contributed by atoms with Crippen molar-refractivity contribution in [2.45, 2.75) is 64.2 Å². The van der Waals surface area contributed by atoms with Gasteiger partial charge in [-0.3, -0.25) is 4.98 Å². The molecule has 162 valence electrons. The van der Waals surface area contributed by atoms with E-state index in [0.717, 1.165) is 24.1 Å². The summed E-state index contributed by atoms with van der Waals surface area (Å²) in [6.45, 7) is 9.69. The van der Waals surface area contributed by atoms with Crippen molar-refractivity contribution in [3.63, 3.8) is 0 Å². The summed E-state index contributed by atoms with van der Waals surface area (Å²) in [6.07, 6.45) is 5.65. The maximum absolute atomic E-state index is 6.12. The molecule has 0 saturated carbocycles. The molecule has 1 aromatic carbocycles. The third kappa shape index (κ3) is 5.84. The van der Waals surface area contributed by atoms with Crippen LogP contribution < -0.4 is 15.4 Å². The lowest BCUT2D eigenvalue weighted by atomic mass is 9.79. The van der Waals surface area contributed by atoms with Gasteiger partial charge in [-0.05, 0) is 76.5 Å². The first-order valence-electron chi connectivity index (χ1n) is 10.2. The van der Waals surface area contributed by atoms with Gasteiger partial charge in [0.2, 0.25) is 0 Å². The molecule has 2 aromatic rings. The number of benzene rings is 1. The van der Waals surface area contributed by atoms with Crippen LogP contribution in [0.4, 0.5) is 5.69 Å². The zero-order valence-corrected chi connectivity index (χ0v) is 19.9. The first-order chi connectivity index (χ1) is 14.1. The van der Waals surface area contributed by atoms with Crippen LogP contribution in [0, 0.1) is 0 Å². The average molecular weight is 447 g/mol. The minimum Gasteiger partial charge on any atom is -0.495 e. The van der Waals surface area contributed by atoms with Crippen LogP contribution in [0.25, 0.3) is 0 Å². The summed E-state index contributed by atoms with van der Waals surface area (Å²) in [5.74, 6) is 0.664. The molecule has 0 spiro atoms. The average Bonchev–Trinajstić information content (AvgIpc) is 2.65. The fourth-order valence-electron chi connectivity index (χ4n) is 4.50. The van der Waals surface area contributed by atoms with E-state index < -0.39 is 0 Å². The number of aromatic nitrogens is 1. The molecule has 0 amide bonds. The molecule has 2 N–H and O–H groups in total. The number of anilines is 1. The van der Waals surface area contributed by atoms with Crippen molar-refractivity contribution in [1.82, 2.24) is 15.2 Å². The highest BCUT2D eigenvalue weighted by Crippen LogP contribution is 2.34. The van der Waals surface area contributed by atoms with Gasteiger partial charge in [0.05, 0.1) is 12.8 Å². The van der Waals surface area contributed by atoms with Crippen LogP contribution in [0.5, 0.6) is 5.75 Å². The van der Waals surface area contributed by atoms with Crippen molar-refractivity contribution in [2.75, 3.05) is 12.4 Å². The van der Waals surface area contributed by atoms with Crippen molar-refractivity contribution in [1.29, 1.82) is 0 Å².